The zero-order valence-corrected chi connectivity index (χ0v) is 9.17. The molecule has 6 nitrogen and oxygen atoms in total. The number of rotatable bonds is 2. The van der Waals surface area contributed by atoms with E-state index in [1.54, 1.807) is 7.11 Å². The summed E-state index contributed by atoms with van der Waals surface area (Å²) in [5, 5.41) is 13.8. The zero-order chi connectivity index (χ0) is 11.7. The van der Waals surface area contributed by atoms with Crippen molar-refractivity contribution in [1.82, 2.24) is 20.6 Å². The van der Waals surface area contributed by atoms with Crippen molar-refractivity contribution in [2.75, 3.05) is 13.7 Å². The van der Waals surface area contributed by atoms with Gasteiger partial charge in [0.05, 0.1) is 7.11 Å². The van der Waals surface area contributed by atoms with Crippen LogP contribution < -0.4 is 9.47 Å². The molecule has 0 atom stereocenters. The molecule has 0 radical (unpaired) electrons. The molecule has 0 fully saturated rings. The van der Waals surface area contributed by atoms with Crippen molar-refractivity contribution in [3.05, 3.63) is 29.6 Å². The van der Waals surface area contributed by atoms with E-state index in [-0.39, 0.29) is 0 Å². The van der Waals surface area contributed by atoms with Gasteiger partial charge in [-0.1, -0.05) is 0 Å². The molecule has 0 amide bonds. The summed E-state index contributed by atoms with van der Waals surface area (Å²) >= 11 is 0. The Morgan fingerprint density at radius 3 is 3.12 bits per heavy atom. The minimum Gasteiger partial charge on any atom is -0.497 e. The van der Waals surface area contributed by atoms with Gasteiger partial charge in [-0.05, 0) is 23.4 Å². The van der Waals surface area contributed by atoms with E-state index in [1.807, 2.05) is 24.3 Å². The molecule has 3 rings (SSSR count). The SMILES string of the molecule is COc1ccc2c(c1)OCC(c1nn[nH]n1)=C2. The number of fused-ring (bicyclic) bond motifs is 1. The van der Waals surface area contributed by atoms with Crippen LogP contribution in [-0.4, -0.2) is 34.3 Å². The molecule has 17 heavy (non-hydrogen) atoms. The summed E-state index contributed by atoms with van der Waals surface area (Å²) < 4.78 is 10.8. The summed E-state index contributed by atoms with van der Waals surface area (Å²) in [4.78, 5) is 0. The van der Waals surface area contributed by atoms with Crippen molar-refractivity contribution < 1.29 is 9.47 Å². The van der Waals surface area contributed by atoms with Gasteiger partial charge < -0.3 is 9.47 Å². The van der Waals surface area contributed by atoms with E-state index in [4.69, 9.17) is 9.47 Å². The maximum Gasteiger partial charge on any atom is 0.204 e. The van der Waals surface area contributed by atoms with Gasteiger partial charge >= 0.3 is 0 Å². The molecule has 0 spiro atoms. The van der Waals surface area contributed by atoms with E-state index in [0.29, 0.717) is 12.4 Å². The molecule has 1 N–H and O–H groups in total. The topological polar surface area (TPSA) is 72.9 Å². The average molecular weight is 230 g/mol. The van der Waals surface area contributed by atoms with Gasteiger partial charge in [0.1, 0.15) is 18.1 Å². The van der Waals surface area contributed by atoms with Gasteiger partial charge in [0.25, 0.3) is 0 Å². The Bertz CT molecular complexity index is 563. The van der Waals surface area contributed by atoms with Crippen molar-refractivity contribution in [2.24, 2.45) is 0 Å². The first kappa shape index (κ1) is 9.83. The van der Waals surface area contributed by atoms with E-state index in [9.17, 15) is 0 Å². The number of ether oxygens (including phenoxy) is 2. The summed E-state index contributed by atoms with van der Waals surface area (Å²) in [6, 6.07) is 5.68. The van der Waals surface area contributed by atoms with Crippen LogP contribution in [0.4, 0.5) is 0 Å². The van der Waals surface area contributed by atoms with Crippen LogP contribution in [0.3, 0.4) is 0 Å². The average Bonchev–Trinajstić information content (AvgIpc) is 2.91. The number of aromatic nitrogens is 4. The summed E-state index contributed by atoms with van der Waals surface area (Å²) in [6.45, 7) is 0.430. The van der Waals surface area contributed by atoms with Crippen molar-refractivity contribution in [3.63, 3.8) is 0 Å². The smallest absolute Gasteiger partial charge is 0.204 e. The van der Waals surface area contributed by atoms with E-state index >= 15 is 0 Å². The van der Waals surface area contributed by atoms with Crippen LogP contribution >= 0.6 is 0 Å². The van der Waals surface area contributed by atoms with E-state index in [0.717, 1.165) is 22.6 Å². The van der Waals surface area contributed by atoms with E-state index in [1.165, 1.54) is 0 Å². The van der Waals surface area contributed by atoms with Crippen molar-refractivity contribution >= 4 is 11.6 Å². The van der Waals surface area contributed by atoms with E-state index in [2.05, 4.69) is 20.6 Å². The largest absolute Gasteiger partial charge is 0.497 e. The predicted molar refractivity (Wildman–Crippen MR) is 60.5 cm³/mol. The minimum absolute atomic E-state index is 0.430. The summed E-state index contributed by atoms with van der Waals surface area (Å²) in [5.74, 6) is 2.14. The Hall–Kier alpha value is -2.37. The highest BCUT2D eigenvalue weighted by molar-refractivity contribution is 5.83. The number of hydrogen-bond donors (Lipinski definition) is 1. The van der Waals surface area contributed by atoms with Crippen molar-refractivity contribution in [2.45, 2.75) is 0 Å². The minimum atomic E-state index is 0.430. The second-order valence-electron chi connectivity index (χ2n) is 3.60. The number of aromatic amines is 1. The van der Waals surface area contributed by atoms with Crippen LogP contribution in [0.15, 0.2) is 18.2 Å². The van der Waals surface area contributed by atoms with Crippen LogP contribution in [0.2, 0.25) is 0 Å². The first-order chi connectivity index (χ1) is 8.36. The molecule has 0 bridgehead atoms. The molecule has 0 unspecified atom stereocenters. The normalized spacial score (nSPS) is 13.6. The number of nitrogens with one attached hydrogen (secondary N) is 1. The first-order valence-corrected chi connectivity index (χ1v) is 5.12. The fourth-order valence-electron chi connectivity index (χ4n) is 1.70. The molecule has 6 heteroatoms. The standard InChI is InChI=1S/C11H10N4O2/c1-16-9-3-2-7-4-8(6-17-10(7)5-9)11-12-14-15-13-11/h2-5H,6H2,1H3,(H,12,13,14,15). The Kier molecular flexibility index (Phi) is 2.25. The van der Waals surface area contributed by atoms with Gasteiger partial charge in [-0.25, -0.2) is 0 Å². The molecule has 1 aliphatic heterocycles. The third-order valence-electron chi connectivity index (χ3n) is 2.57. The zero-order valence-electron chi connectivity index (χ0n) is 9.17. The maximum absolute atomic E-state index is 5.63. The summed E-state index contributed by atoms with van der Waals surface area (Å²) in [6.07, 6.45) is 1.99. The lowest BCUT2D eigenvalue weighted by atomic mass is 10.1. The summed E-state index contributed by atoms with van der Waals surface area (Å²) in [5.41, 5.74) is 1.88. The molecule has 86 valence electrons. The number of hydrogen-bond acceptors (Lipinski definition) is 5. The predicted octanol–water partition coefficient (Wildman–Crippen LogP) is 1.14. The van der Waals surface area contributed by atoms with Crippen LogP contribution in [-0.2, 0) is 0 Å². The molecule has 0 aliphatic carbocycles. The Morgan fingerprint density at radius 1 is 1.41 bits per heavy atom. The van der Waals surface area contributed by atoms with Gasteiger partial charge in [-0.3, -0.25) is 0 Å². The van der Waals surface area contributed by atoms with E-state index < -0.39 is 0 Å². The van der Waals surface area contributed by atoms with Gasteiger partial charge in [-0.15, -0.1) is 10.2 Å². The molecule has 1 aromatic carbocycles. The molecule has 0 saturated carbocycles. The second-order valence-corrected chi connectivity index (χ2v) is 3.60. The lowest BCUT2D eigenvalue weighted by molar-refractivity contribution is 0.358. The van der Waals surface area contributed by atoms with Gasteiger partial charge in [0.15, 0.2) is 0 Å². The van der Waals surface area contributed by atoms with Crippen LogP contribution in [0.1, 0.15) is 11.4 Å². The Labute approximate surface area is 97.3 Å². The van der Waals surface area contributed by atoms with Gasteiger partial charge in [-0.2, -0.15) is 5.21 Å². The van der Waals surface area contributed by atoms with Crippen LogP contribution in [0.25, 0.3) is 11.6 Å². The first-order valence-electron chi connectivity index (χ1n) is 5.12. The second kappa shape index (κ2) is 3.89. The van der Waals surface area contributed by atoms with Crippen molar-refractivity contribution in [3.8, 4) is 11.5 Å². The van der Waals surface area contributed by atoms with Crippen LogP contribution in [0.5, 0.6) is 11.5 Å². The fourth-order valence-corrected chi connectivity index (χ4v) is 1.70. The number of benzene rings is 1. The highest BCUT2D eigenvalue weighted by Gasteiger charge is 2.16. The van der Waals surface area contributed by atoms with Crippen molar-refractivity contribution in [1.29, 1.82) is 0 Å². The monoisotopic (exact) mass is 230 g/mol. The Balaban J connectivity index is 2.00. The number of nitrogens with zero attached hydrogens (tertiary/aromatic N) is 3. The Morgan fingerprint density at radius 2 is 2.35 bits per heavy atom. The fraction of sp³-hybridized carbons (Fsp3) is 0.182. The molecular weight excluding hydrogens is 220 g/mol. The highest BCUT2D eigenvalue weighted by atomic mass is 16.5. The van der Waals surface area contributed by atoms with Gasteiger partial charge in [0, 0.05) is 17.2 Å². The third-order valence-corrected chi connectivity index (χ3v) is 2.57. The third kappa shape index (κ3) is 1.73. The molecular formula is C11H10N4O2. The molecule has 1 aliphatic rings. The maximum atomic E-state index is 5.63. The summed E-state index contributed by atoms with van der Waals surface area (Å²) in [7, 11) is 1.63. The number of methoxy groups -OCH3 is 1. The molecule has 2 heterocycles. The highest BCUT2D eigenvalue weighted by Crippen LogP contribution is 2.32. The number of tetrazole rings is 1. The molecule has 1 aromatic heterocycles. The molecule has 2 aromatic rings. The quantitative estimate of drug-likeness (QED) is 0.837. The molecule has 0 saturated heterocycles. The lowest BCUT2D eigenvalue weighted by Crippen LogP contribution is -2.07. The van der Waals surface area contributed by atoms with Gasteiger partial charge in [0.2, 0.25) is 5.82 Å². The number of H-pyrrole nitrogens is 1. The lowest BCUT2D eigenvalue weighted by Gasteiger charge is -2.16. The van der Waals surface area contributed by atoms with Crippen LogP contribution in [0, 0.1) is 0 Å².